The Labute approximate surface area is 167 Å². The number of rotatable bonds is 10. The van der Waals surface area contributed by atoms with Crippen LogP contribution in [0.5, 0.6) is 0 Å². The number of thioether (sulfide) groups is 1. The van der Waals surface area contributed by atoms with E-state index in [4.69, 9.17) is 14.6 Å². The molecule has 0 unspecified atom stereocenters. The molecule has 2 N–H and O–H groups in total. The first kappa shape index (κ1) is 22.3. The Kier molecular flexibility index (Phi) is 7.98. The summed E-state index contributed by atoms with van der Waals surface area (Å²) < 4.78 is 33.5. The van der Waals surface area contributed by atoms with Gasteiger partial charge in [0.2, 0.25) is 10.0 Å². The molecule has 1 aromatic carbocycles. The van der Waals surface area contributed by atoms with Gasteiger partial charge in [-0.05, 0) is 31.0 Å². The molecule has 154 valence electrons. The Morgan fingerprint density at radius 3 is 2.68 bits per heavy atom. The van der Waals surface area contributed by atoms with Crippen molar-refractivity contribution < 1.29 is 22.7 Å². The number of carbonyl (C=O) groups excluding carboxylic acids is 1. The maximum Gasteiger partial charge on any atom is 0.337 e. The van der Waals surface area contributed by atoms with Crippen LogP contribution in [0.4, 0.5) is 0 Å². The van der Waals surface area contributed by atoms with Crippen LogP contribution in [-0.2, 0) is 26.0 Å². The van der Waals surface area contributed by atoms with Crippen molar-refractivity contribution in [1.82, 2.24) is 9.55 Å². The lowest BCUT2D eigenvalue weighted by atomic mass is 10.1. The zero-order chi connectivity index (χ0) is 20.7. The molecule has 0 aliphatic rings. The summed E-state index contributed by atoms with van der Waals surface area (Å²) >= 11 is 1.27. The lowest BCUT2D eigenvalue weighted by Crippen LogP contribution is -2.24. The Balaban J connectivity index is 2.38. The standard InChI is InChI=1S/C17H23N3O6S2/c1-25-8-3-7-20-15(21)13-6-5-12(16(22)26-2)11-14(13)19-17(20)27-9-4-10-28(18,23)24/h5-6,11H,3-4,7-10H2,1-2H3,(H2,18,23,24). The summed E-state index contributed by atoms with van der Waals surface area (Å²) in [7, 11) is -0.677. The molecule has 1 aromatic heterocycles. The van der Waals surface area contributed by atoms with Crippen LogP contribution >= 0.6 is 11.8 Å². The fraction of sp³-hybridized carbons (Fsp3) is 0.471. The van der Waals surface area contributed by atoms with Crippen molar-refractivity contribution >= 4 is 38.7 Å². The number of hydrogen-bond acceptors (Lipinski definition) is 8. The Bertz CT molecular complexity index is 1000. The molecule has 0 fully saturated rings. The Hall–Kier alpha value is -1.95. The van der Waals surface area contributed by atoms with E-state index < -0.39 is 16.0 Å². The number of benzene rings is 1. The third-order valence-corrected chi connectivity index (χ3v) is 5.80. The van der Waals surface area contributed by atoms with Crippen molar-refractivity contribution in [2.45, 2.75) is 24.5 Å². The van der Waals surface area contributed by atoms with Crippen molar-refractivity contribution in [1.29, 1.82) is 0 Å². The number of ether oxygens (including phenoxy) is 2. The lowest BCUT2D eigenvalue weighted by Gasteiger charge is -2.13. The maximum absolute atomic E-state index is 12.9. The van der Waals surface area contributed by atoms with E-state index in [-0.39, 0.29) is 11.3 Å². The summed E-state index contributed by atoms with van der Waals surface area (Å²) in [5.74, 6) is -0.237. The fourth-order valence-corrected chi connectivity index (χ4v) is 4.24. The summed E-state index contributed by atoms with van der Waals surface area (Å²) in [6, 6.07) is 4.59. The van der Waals surface area contributed by atoms with Crippen molar-refractivity contribution in [3.8, 4) is 0 Å². The summed E-state index contributed by atoms with van der Waals surface area (Å²) in [4.78, 5) is 29.2. The van der Waals surface area contributed by atoms with Crippen LogP contribution in [0.15, 0.2) is 28.2 Å². The molecule has 0 amide bonds. The molecule has 0 bridgehead atoms. The van der Waals surface area contributed by atoms with Gasteiger partial charge in [-0.1, -0.05) is 11.8 Å². The quantitative estimate of drug-likeness (QED) is 0.256. The van der Waals surface area contributed by atoms with Crippen LogP contribution in [0.3, 0.4) is 0 Å². The summed E-state index contributed by atoms with van der Waals surface area (Å²) in [6.45, 7) is 0.896. The van der Waals surface area contributed by atoms with E-state index in [0.717, 1.165) is 0 Å². The van der Waals surface area contributed by atoms with Gasteiger partial charge >= 0.3 is 5.97 Å². The first-order valence-electron chi connectivity index (χ1n) is 8.52. The molecule has 0 saturated carbocycles. The predicted molar refractivity (Wildman–Crippen MR) is 107 cm³/mol. The first-order chi connectivity index (χ1) is 13.3. The monoisotopic (exact) mass is 429 g/mol. The van der Waals surface area contributed by atoms with Crippen molar-refractivity contribution in [3.63, 3.8) is 0 Å². The Morgan fingerprint density at radius 2 is 2.04 bits per heavy atom. The molecule has 9 nitrogen and oxygen atoms in total. The molecule has 0 atom stereocenters. The average Bonchev–Trinajstić information content (AvgIpc) is 2.65. The average molecular weight is 430 g/mol. The molecule has 0 saturated heterocycles. The summed E-state index contributed by atoms with van der Waals surface area (Å²) in [5.41, 5.74) is 0.445. The third-order valence-electron chi connectivity index (χ3n) is 3.88. The highest BCUT2D eigenvalue weighted by atomic mass is 32.2. The number of nitrogens with two attached hydrogens (primary N) is 1. The zero-order valence-electron chi connectivity index (χ0n) is 15.7. The minimum absolute atomic E-state index is 0.145. The van der Waals surface area contributed by atoms with E-state index >= 15 is 0 Å². The van der Waals surface area contributed by atoms with Gasteiger partial charge in [-0.3, -0.25) is 9.36 Å². The van der Waals surface area contributed by atoms with Gasteiger partial charge in [-0.2, -0.15) is 0 Å². The van der Waals surface area contributed by atoms with Gasteiger partial charge in [0, 0.05) is 26.0 Å². The number of esters is 1. The molecule has 0 aliphatic heterocycles. The van der Waals surface area contributed by atoms with Gasteiger partial charge in [0.1, 0.15) is 0 Å². The molecule has 28 heavy (non-hydrogen) atoms. The van der Waals surface area contributed by atoms with Gasteiger partial charge in [0.05, 0.1) is 29.3 Å². The molecule has 2 rings (SSSR count). The second-order valence-electron chi connectivity index (χ2n) is 5.99. The highest BCUT2D eigenvalue weighted by molar-refractivity contribution is 7.99. The van der Waals surface area contributed by atoms with Crippen LogP contribution in [0.25, 0.3) is 10.9 Å². The van der Waals surface area contributed by atoms with Gasteiger partial charge in [-0.25, -0.2) is 23.3 Å². The number of hydrogen-bond donors (Lipinski definition) is 1. The molecule has 1 heterocycles. The van der Waals surface area contributed by atoms with Crippen LogP contribution in [0.1, 0.15) is 23.2 Å². The minimum atomic E-state index is -3.54. The molecular weight excluding hydrogens is 406 g/mol. The predicted octanol–water partition coefficient (Wildman–Crippen LogP) is 0.990. The lowest BCUT2D eigenvalue weighted by molar-refractivity contribution is 0.0601. The molecule has 11 heteroatoms. The minimum Gasteiger partial charge on any atom is -0.465 e. The van der Waals surface area contributed by atoms with Crippen LogP contribution < -0.4 is 10.7 Å². The third kappa shape index (κ3) is 6.03. The van der Waals surface area contributed by atoms with E-state index in [9.17, 15) is 18.0 Å². The van der Waals surface area contributed by atoms with Crippen molar-refractivity contribution in [2.75, 3.05) is 32.3 Å². The molecule has 0 radical (unpaired) electrons. The van der Waals surface area contributed by atoms with Gasteiger partial charge in [0.25, 0.3) is 5.56 Å². The number of carbonyl (C=O) groups is 1. The molecule has 0 spiro atoms. The number of nitrogens with zero attached hydrogens (tertiary/aromatic N) is 2. The topological polar surface area (TPSA) is 131 Å². The van der Waals surface area contributed by atoms with Crippen LogP contribution in [0, 0.1) is 0 Å². The van der Waals surface area contributed by atoms with Gasteiger partial charge in [-0.15, -0.1) is 0 Å². The van der Waals surface area contributed by atoms with Crippen LogP contribution in [-0.4, -0.2) is 56.3 Å². The second-order valence-corrected chi connectivity index (χ2v) is 8.79. The number of fused-ring (bicyclic) bond motifs is 1. The zero-order valence-corrected chi connectivity index (χ0v) is 17.3. The summed E-state index contributed by atoms with van der Waals surface area (Å²) in [6.07, 6.45) is 0.951. The van der Waals surface area contributed by atoms with E-state index in [2.05, 4.69) is 4.98 Å². The molecule has 0 aliphatic carbocycles. The van der Waals surface area contributed by atoms with Crippen LogP contribution in [0.2, 0.25) is 0 Å². The fourth-order valence-electron chi connectivity index (χ4n) is 2.54. The van der Waals surface area contributed by atoms with Gasteiger partial charge < -0.3 is 9.47 Å². The van der Waals surface area contributed by atoms with E-state index in [1.807, 2.05) is 0 Å². The number of aromatic nitrogens is 2. The number of methoxy groups -OCH3 is 2. The second kappa shape index (κ2) is 10.0. The van der Waals surface area contributed by atoms with E-state index in [0.29, 0.717) is 53.4 Å². The molecule has 2 aromatic rings. The van der Waals surface area contributed by atoms with Crippen molar-refractivity contribution in [2.24, 2.45) is 5.14 Å². The normalized spacial score (nSPS) is 11.7. The highest BCUT2D eigenvalue weighted by Crippen LogP contribution is 2.20. The number of sulfonamides is 1. The largest absolute Gasteiger partial charge is 0.465 e. The SMILES string of the molecule is COCCCn1c(SCCCS(N)(=O)=O)nc2cc(C(=O)OC)ccc2c1=O. The van der Waals surface area contributed by atoms with Gasteiger partial charge in [0.15, 0.2) is 5.16 Å². The smallest absolute Gasteiger partial charge is 0.337 e. The first-order valence-corrected chi connectivity index (χ1v) is 11.2. The maximum atomic E-state index is 12.9. The van der Waals surface area contributed by atoms with Crippen molar-refractivity contribution in [3.05, 3.63) is 34.1 Å². The highest BCUT2D eigenvalue weighted by Gasteiger charge is 2.14. The Morgan fingerprint density at radius 1 is 1.29 bits per heavy atom. The summed E-state index contributed by atoms with van der Waals surface area (Å²) in [5, 5.41) is 5.85. The van der Waals surface area contributed by atoms with E-state index in [1.54, 1.807) is 17.7 Å². The number of primary sulfonamides is 1. The van der Waals surface area contributed by atoms with E-state index in [1.165, 1.54) is 31.0 Å². The molecular formula is C17H23N3O6S2.